The molecule has 0 N–H and O–H groups in total. The number of nitrogens with zero attached hydrogens (tertiary/aromatic N) is 2. The average Bonchev–Trinajstić information content (AvgIpc) is 2.50. The third kappa shape index (κ3) is 3.50. The number of aromatic nitrogens is 1. The molecular formula is C16H13FN2O2. The topological polar surface area (TPSA) is 63.0 Å². The van der Waals surface area contributed by atoms with E-state index in [1.54, 1.807) is 25.3 Å². The lowest BCUT2D eigenvalue weighted by Crippen LogP contribution is -2.13. The Morgan fingerprint density at radius 3 is 2.86 bits per heavy atom. The predicted molar refractivity (Wildman–Crippen MR) is 74.0 cm³/mol. The number of carbonyl (C=O) groups is 1. The molecular weight excluding hydrogens is 271 g/mol. The van der Waals surface area contributed by atoms with Crippen LogP contribution in [0.5, 0.6) is 0 Å². The fraction of sp³-hybridized carbons (Fsp3) is 0.188. The van der Waals surface area contributed by atoms with Crippen molar-refractivity contribution in [2.45, 2.75) is 12.5 Å². The van der Waals surface area contributed by atoms with E-state index >= 15 is 0 Å². The molecule has 1 aromatic carbocycles. The lowest BCUT2D eigenvalue weighted by atomic mass is 9.94. The van der Waals surface area contributed by atoms with Crippen molar-refractivity contribution in [3.8, 4) is 6.07 Å². The molecule has 0 aliphatic rings. The summed E-state index contributed by atoms with van der Waals surface area (Å²) in [5, 5.41) is 9.22. The summed E-state index contributed by atoms with van der Waals surface area (Å²) in [7, 11) is 1.56. The van der Waals surface area contributed by atoms with Crippen LogP contribution in [0.25, 0.3) is 0 Å². The molecule has 0 spiro atoms. The lowest BCUT2D eigenvalue weighted by Gasteiger charge is -2.09. The molecule has 0 radical (unpaired) electrons. The van der Waals surface area contributed by atoms with Gasteiger partial charge in [0.1, 0.15) is 5.82 Å². The summed E-state index contributed by atoms with van der Waals surface area (Å²) >= 11 is 0. The second-order valence-electron chi connectivity index (χ2n) is 4.46. The van der Waals surface area contributed by atoms with Crippen molar-refractivity contribution < 1.29 is 13.9 Å². The van der Waals surface area contributed by atoms with Gasteiger partial charge in [-0.2, -0.15) is 5.26 Å². The third-order valence-corrected chi connectivity index (χ3v) is 2.96. The highest BCUT2D eigenvalue weighted by atomic mass is 19.1. The maximum Gasteiger partial charge on any atom is 0.186 e. The minimum Gasteiger partial charge on any atom is -0.380 e. The number of pyridine rings is 1. The van der Waals surface area contributed by atoms with E-state index in [-0.39, 0.29) is 11.5 Å². The highest BCUT2D eigenvalue weighted by molar-refractivity contribution is 6.02. The summed E-state index contributed by atoms with van der Waals surface area (Å²) in [4.78, 5) is 16.2. The summed E-state index contributed by atoms with van der Waals surface area (Å²) in [6, 6.07) is 11.3. The molecule has 2 aromatic rings. The largest absolute Gasteiger partial charge is 0.380 e. The Balaban J connectivity index is 2.30. The van der Waals surface area contributed by atoms with Gasteiger partial charge in [0.25, 0.3) is 0 Å². The summed E-state index contributed by atoms with van der Waals surface area (Å²) in [6.07, 6.45) is 0.994. The van der Waals surface area contributed by atoms with Crippen LogP contribution in [-0.2, 0) is 11.3 Å². The minimum absolute atomic E-state index is 0.237. The van der Waals surface area contributed by atoms with Gasteiger partial charge in [0.05, 0.1) is 24.6 Å². The van der Waals surface area contributed by atoms with E-state index in [0.717, 1.165) is 11.8 Å². The molecule has 1 heterocycles. The maximum absolute atomic E-state index is 12.9. The number of Topliss-reactive ketones (excluding diaryl/α,β-unsaturated/α-hetero) is 1. The fourth-order valence-corrected chi connectivity index (χ4v) is 1.96. The van der Waals surface area contributed by atoms with Crippen LogP contribution in [0.15, 0.2) is 42.6 Å². The molecule has 5 heteroatoms. The zero-order chi connectivity index (χ0) is 15.2. The number of benzene rings is 1. The van der Waals surface area contributed by atoms with Crippen molar-refractivity contribution in [3.05, 3.63) is 65.2 Å². The van der Waals surface area contributed by atoms with Crippen LogP contribution in [0.4, 0.5) is 4.39 Å². The summed E-state index contributed by atoms with van der Waals surface area (Å²) < 4.78 is 17.9. The smallest absolute Gasteiger partial charge is 0.186 e. The first kappa shape index (κ1) is 14.8. The van der Waals surface area contributed by atoms with Crippen LogP contribution in [-0.4, -0.2) is 17.9 Å². The van der Waals surface area contributed by atoms with Gasteiger partial charge in [-0.1, -0.05) is 18.2 Å². The summed E-state index contributed by atoms with van der Waals surface area (Å²) in [6.45, 7) is 0.382. The monoisotopic (exact) mass is 284 g/mol. The van der Waals surface area contributed by atoms with Gasteiger partial charge in [0.2, 0.25) is 0 Å². The molecule has 0 saturated carbocycles. The zero-order valence-electron chi connectivity index (χ0n) is 11.4. The van der Waals surface area contributed by atoms with Crippen LogP contribution in [0, 0.1) is 17.1 Å². The Labute approximate surface area is 121 Å². The molecule has 0 aliphatic heterocycles. The Morgan fingerprint density at radius 1 is 1.43 bits per heavy atom. The van der Waals surface area contributed by atoms with Crippen LogP contribution in [0.1, 0.15) is 27.5 Å². The Bertz CT molecular complexity index is 677. The van der Waals surface area contributed by atoms with E-state index in [1.807, 2.05) is 12.1 Å². The molecule has 0 saturated heterocycles. The molecule has 21 heavy (non-hydrogen) atoms. The molecule has 0 bridgehead atoms. The highest BCUT2D eigenvalue weighted by Crippen LogP contribution is 2.20. The molecule has 0 amide bonds. The van der Waals surface area contributed by atoms with Gasteiger partial charge in [-0.25, -0.2) is 4.39 Å². The van der Waals surface area contributed by atoms with Gasteiger partial charge in [0, 0.05) is 12.7 Å². The molecule has 1 aromatic heterocycles. The first-order valence-corrected chi connectivity index (χ1v) is 6.29. The van der Waals surface area contributed by atoms with Gasteiger partial charge < -0.3 is 4.74 Å². The second kappa shape index (κ2) is 6.73. The van der Waals surface area contributed by atoms with Gasteiger partial charge >= 0.3 is 0 Å². The minimum atomic E-state index is -1.05. The molecule has 2 rings (SSSR count). The van der Waals surface area contributed by atoms with Crippen molar-refractivity contribution in [2.24, 2.45) is 0 Å². The average molecular weight is 284 g/mol. The van der Waals surface area contributed by atoms with Crippen molar-refractivity contribution in [3.63, 3.8) is 0 Å². The first-order valence-electron chi connectivity index (χ1n) is 6.29. The fourth-order valence-electron chi connectivity index (χ4n) is 1.96. The first-order chi connectivity index (χ1) is 10.2. The van der Waals surface area contributed by atoms with E-state index in [0.29, 0.717) is 12.2 Å². The van der Waals surface area contributed by atoms with E-state index in [2.05, 4.69) is 4.98 Å². The number of hydrogen-bond donors (Lipinski definition) is 0. The number of carbonyl (C=O) groups excluding carboxylic acids is 1. The van der Waals surface area contributed by atoms with Crippen LogP contribution in [0.2, 0.25) is 0 Å². The molecule has 1 unspecified atom stereocenters. The number of hydrogen-bond acceptors (Lipinski definition) is 4. The lowest BCUT2D eigenvalue weighted by molar-refractivity contribution is 0.0977. The van der Waals surface area contributed by atoms with Crippen LogP contribution in [0.3, 0.4) is 0 Å². The molecule has 106 valence electrons. The molecule has 4 nitrogen and oxygen atoms in total. The van der Waals surface area contributed by atoms with Gasteiger partial charge in [-0.15, -0.1) is 0 Å². The molecule has 0 aliphatic carbocycles. The Hall–Kier alpha value is -2.58. The van der Waals surface area contributed by atoms with Crippen LogP contribution < -0.4 is 0 Å². The van der Waals surface area contributed by atoms with Gasteiger partial charge in [0.15, 0.2) is 11.7 Å². The van der Waals surface area contributed by atoms with Crippen molar-refractivity contribution >= 4 is 5.78 Å². The Kier molecular flexibility index (Phi) is 4.75. The zero-order valence-corrected chi connectivity index (χ0v) is 11.4. The maximum atomic E-state index is 12.9. The summed E-state index contributed by atoms with van der Waals surface area (Å²) in [5.74, 6) is -1.93. The van der Waals surface area contributed by atoms with E-state index in [4.69, 9.17) is 4.74 Å². The van der Waals surface area contributed by atoms with E-state index in [1.165, 1.54) is 12.1 Å². The predicted octanol–water partition coefficient (Wildman–Crippen LogP) is 2.86. The van der Waals surface area contributed by atoms with E-state index < -0.39 is 11.7 Å². The van der Waals surface area contributed by atoms with Crippen molar-refractivity contribution in [1.29, 1.82) is 5.26 Å². The Morgan fingerprint density at radius 2 is 2.24 bits per heavy atom. The van der Waals surface area contributed by atoms with Crippen molar-refractivity contribution in [1.82, 2.24) is 4.98 Å². The van der Waals surface area contributed by atoms with Gasteiger partial charge in [-0.3, -0.25) is 9.78 Å². The number of methoxy groups -OCH3 is 1. The van der Waals surface area contributed by atoms with Crippen LogP contribution >= 0.6 is 0 Å². The number of halogens is 1. The third-order valence-electron chi connectivity index (χ3n) is 2.96. The normalized spacial score (nSPS) is 11.7. The highest BCUT2D eigenvalue weighted by Gasteiger charge is 2.23. The number of ketones is 1. The van der Waals surface area contributed by atoms with Gasteiger partial charge in [-0.05, 0) is 23.8 Å². The molecule has 0 fully saturated rings. The molecule has 1 atom stereocenters. The quantitative estimate of drug-likeness (QED) is 0.792. The summed E-state index contributed by atoms with van der Waals surface area (Å²) in [5.41, 5.74) is 1.48. The standard InChI is InChI=1S/C16H13FN2O2/c1-21-10-11-3-2-4-12(7-11)16(20)14(8-18)15-6-5-13(17)9-19-15/h2-7,9,14H,10H2,1H3. The number of nitriles is 1. The number of rotatable bonds is 5. The number of ether oxygens (including phenoxy) is 1. The van der Waals surface area contributed by atoms with Crippen molar-refractivity contribution in [2.75, 3.05) is 7.11 Å². The second-order valence-corrected chi connectivity index (χ2v) is 4.46. The van der Waals surface area contributed by atoms with E-state index in [9.17, 15) is 14.4 Å². The SMILES string of the molecule is COCc1cccc(C(=O)C(C#N)c2ccc(F)cn2)c1.